The fourth-order valence-electron chi connectivity index (χ4n) is 1.65. The second-order valence-corrected chi connectivity index (χ2v) is 5.22. The molecule has 3 heteroatoms. The molecule has 1 aromatic carbocycles. The molecule has 2 atom stereocenters. The standard InChI is InChI=1S/C12H12O2S/c1-9-7-8-11(12(9)13)15(14)10-5-3-2-4-6-10/h2-7,11H,8H2,1H3. The molecule has 0 N–H and O–H groups in total. The van der Waals surface area contributed by atoms with Crippen LogP contribution >= 0.6 is 0 Å². The van der Waals surface area contributed by atoms with Crippen LogP contribution in [0.1, 0.15) is 13.3 Å². The molecule has 78 valence electrons. The van der Waals surface area contributed by atoms with Crippen LogP contribution < -0.4 is 0 Å². The highest BCUT2D eigenvalue weighted by atomic mass is 32.2. The number of carbonyl (C=O) groups is 1. The predicted octanol–water partition coefficient (Wildman–Crippen LogP) is 2.08. The molecular formula is C12H12O2S. The van der Waals surface area contributed by atoms with Crippen LogP contribution in [-0.2, 0) is 15.6 Å². The van der Waals surface area contributed by atoms with Crippen LogP contribution in [-0.4, -0.2) is 15.2 Å². The van der Waals surface area contributed by atoms with E-state index >= 15 is 0 Å². The van der Waals surface area contributed by atoms with Gasteiger partial charge < -0.3 is 0 Å². The Morgan fingerprint density at radius 3 is 2.47 bits per heavy atom. The molecule has 0 fully saturated rings. The minimum Gasteiger partial charge on any atom is -0.293 e. The number of allylic oxidation sites excluding steroid dienone is 2. The Hall–Kier alpha value is -1.22. The Morgan fingerprint density at radius 2 is 1.93 bits per heavy atom. The smallest absolute Gasteiger partial charge is 0.174 e. The lowest BCUT2D eigenvalue weighted by atomic mass is 10.2. The van der Waals surface area contributed by atoms with Gasteiger partial charge in [-0.3, -0.25) is 9.00 Å². The molecule has 0 spiro atoms. The number of benzene rings is 1. The van der Waals surface area contributed by atoms with E-state index in [2.05, 4.69) is 0 Å². The number of hydrogen-bond donors (Lipinski definition) is 0. The highest BCUT2D eigenvalue weighted by molar-refractivity contribution is 7.86. The van der Waals surface area contributed by atoms with Crippen LogP contribution in [0.5, 0.6) is 0 Å². The van der Waals surface area contributed by atoms with Crippen LogP contribution in [0.2, 0.25) is 0 Å². The number of carbonyl (C=O) groups excluding carboxylic acids is 1. The first-order valence-corrected chi connectivity index (χ1v) is 6.08. The van der Waals surface area contributed by atoms with E-state index in [4.69, 9.17) is 0 Å². The summed E-state index contributed by atoms with van der Waals surface area (Å²) >= 11 is 0. The van der Waals surface area contributed by atoms with Crippen molar-refractivity contribution in [1.82, 2.24) is 0 Å². The molecule has 0 saturated carbocycles. The molecule has 0 heterocycles. The maximum absolute atomic E-state index is 12.1. The van der Waals surface area contributed by atoms with E-state index in [1.165, 1.54) is 0 Å². The molecule has 2 rings (SSSR count). The second kappa shape index (κ2) is 4.11. The van der Waals surface area contributed by atoms with Gasteiger partial charge in [-0.2, -0.15) is 0 Å². The lowest BCUT2D eigenvalue weighted by molar-refractivity contribution is -0.114. The Kier molecular flexibility index (Phi) is 2.82. The molecule has 2 nitrogen and oxygen atoms in total. The number of ketones is 1. The summed E-state index contributed by atoms with van der Waals surface area (Å²) in [5.41, 5.74) is 0.740. The summed E-state index contributed by atoms with van der Waals surface area (Å²) in [4.78, 5) is 12.4. The summed E-state index contributed by atoms with van der Waals surface area (Å²) in [5, 5.41) is -0.368. The Labute approximate surface area is 91.5 Å². The largest absolute Gasteiger partial charge is 0.293 e. The molecule has 0 aromatic heterocycles. The second-order valence-electron chi connectivity index (χ2n) is 3.59. The third kappa shape index (κ3) is 1.92. The van der Waals surface area contributed by atoms with Gasteiger partial charge in [-0.25, -0.2) is 0 Å². The summed E-state index contributed by atoms with van der Waals surface area (Å²) < 4.78 is 12.1. The van der Waals surface area contributed by atoms with E-state index in [1.807, 2.05) is 24.3 Å². The summed E-state index contributed by atoms with van der Waals surface area (Å²) in [6.45, 7) is 1.78. The summed E-state index contributed by atoms with van der Waals surface area (Å²) in [7, 11) is -1.21. The van der Waals surface area contributed by atoms with Gasteiger partial charge in [0.05, 0.1) is 10.8 Å². The lowest BCUT2D eigenvalue weighted by Crippen LogP contribution is -2.21. The van der Waals surface area contributed by atoms with Crippen molar-refractivity contribution in [2.45, 2.75) is 23.5 Å². The maximum atomic E-state index is 12.1. The number of hydrogen-bond acceptors (Lipinski definition) is 2. The van der Waals surface area contributed by atoms with Gasteiger partial charge in [0.2, 0.25) is 0 Å². The van der Waals surface area contributed by atoms with E-state index in [1.54, 1.807) is 19.1 Å². The van der Waals surface area contributed by atoms with Gasteiger partial charge in [0.15, 0.2) is 5.78 Å². The fraction of sp³-hybridized carbons (Fsp3) is 0.250. The van der Waals surface area contributed by atoms with Gasteiger partial charge in [0.25, 0.3) is 0 Å². The monoisotopic (exact) mass is 220 g/mol. The fourth-order valence-corrected chi connectivity index (χ4v) is 3.05. The zero-order valence-corrected chi connectivity index (χ0v) is 9.29. The molecule has 0 aliphatic heterocycles. The zero-order valence-electron chi connectivity index (χ0n) is 8.47. The van der Waals surface area contributed by atoms with E-state index in [-0.39, 0.29) is 11.0 Å². The predicted molar refractivity (Wildman–Crippen MR) is 60.0 cm³/mol. The SMILES string of the molecule is CC1=CCC(S(=O)c2ccccc2)C1=O. The molecule has 0 amide bonds. The maximum Gasteiger partial charge on any atom is 0.174 e. The average Bonchev–Trinajstić information content (AvgIpc) is 2.60. The average molecular weight is 220 g/mol. The normalized spacial score (nSPS) is 22.6. The van der Waals surface area contributed by atoms with Crippen molar-refractivity contribution in [2.24, 2.45) is 0 Å². The first kappa shape index (κ1) is 10.3. The highest BCUT2D eigenvalue weighted by Gasteiger charge is 2.30. The molecule has 0 saturated heterocycles. The molecule has 0 bridgehead atoms. The Morgan fingerprint density at radius 1 is 1.27 bits per heavy atom. The van der Waals surface area contributed by atoms with Gasteiger partial charge >= 0.3 is 0 Å². The van der Waals surface area contributed by atoms with E-state index in [0.717, 1.165) is 10.5 Å². The van der Waals surface area contributed by atoms with Gasteiger partial charge in [0.1, 0.15) is 5.25 Å². The Balaban J connectivity index is 2.21. The minimum absolute atomic E-state index is 0.0252. The first-order valence-electron chi connectivity index (χ1n) is 4.87. The van der Waals surface area contributed by atoms with Crippen molar-refractivity contribution in [1.29, 1.82) is 0 Å². The lowest BCUT2D eigenvalue weighted by Gasteiger charge is -2.08. The van der Waals surface area contributed by atoms with Crippen LogP contribution in [0.15, 0.2) is 46.9 Å². The molecule has 1 aromatic rings. The molecule has 2 unspecified atom stereocenters. The van der Waals surface area contributed by atoms with Crippen molar-refractivity contribution in [2.75, 3.05) is 0 Å². The zero-order chi connectivity index (χ0) is 10.8. The number of Topliss-reactive ketones (excluding diaryl/α,β-unsaturated/α-hetero) is 1. The highest BCUT2D eigenvalue weighted by Crippen LogP contribution is 2.23. The first-order chi connectivity index (χ1) is 7.20. The van der Waals surface area contributed by atoms with Crippen molar-refractivity contribution in [3.05, 3.63) is 42.0 Å². The molecule has 1 aliphatic rings. The molecule has 15 heavy (non-hydrogen) atoms. The van der Waals surface area contributed by atoms with Crippen molar-refractivity contribution in [3.63, 3.8) is 0 Å². The molecular weight excluding hydrogens is 208 g/mol. The van der Waals surface area contributed by atoms with Gasteiger partial charge in [-0.05, 0) is 31.1 Å². The summed E-state index contributed by atoms with van der Waals surface area (Å²) in [5.74, 6) is 0.0252. The van der Waals surface area contributed by atoms with Crippen LogP contribution in [0.4, 0.5) is 0 Å². The third-order valence-electron chi connectivity index (χ3n) is 2.55. The molecule has 1 aliphatic carbocycles. The topological polar surface area (TPSA) is 34.1 Å². The van der Waals surface area contributed by atoms with Crippen LogP contribution in [0.3, 0.4) is 0 Å². The van der Waals surface area contributed by atoms with Crippen molar-refractivity contribution < 1.29 is 9.00 Å². The van der Waals surface area contributed by atoms with E-state index in [0.29, 0.717) is 6.42 Å². The van der Waals surface area contributed by atoms with Gasteiger partial charge in [0, 0.05) is 4.90 Å². The minimum atomic E-state index is -1.21. The number of rotatable bonds is 2. The summed E-state index contributed by atoms with van der Waals surface area (Å²) in [6, 6.07) is 9.16. The molecule has 0 radical (unpaired) electrons. The van der Waals surface area contributed by atoms with Gasteiger partial charge in [-0.1, -0.05) is 24.3 Å². The van der Waals surface area contributed by atoms with Gasteiger partial charge in [-0.15, -0.1) is 0 Å². The van der Waals surface area contributed by atoms with Crippen molar-refractivity contribution >= 4 is 16.6 Å². The van der Waals surface area contributed by atoms with Crippen molar-refractivity contribution in [3.8, 4) is 0 Å². The van der Waals surface area contributed by atoms with E-state index < -0.39 is 10.8 Å². The quantitative estimate of drug-likeness (QED) is 0.764. The van der Waals surface area contributed by atoms with E-state index in [9.17, 15) is 9.00 Å². The Bertz CT molecular complexity index is 434. The van der Waals surface area contributed by atoms with Crippen LogP contribution in [0.25, 0.3) is 0 Å². The van der Waals surface area contributed by atoms with Crippen LogP contribution in [0, 0.1) is 0 Å². The third-order valence-corrected chi connectivity index (χ3v) is 4.21. The summed E-state index contributed by atoms with van der Waals surface area (Å²) in [6.07, 6.45) is 2.47.